The van der Waals surface area contributed by atoms with Gasteiger partial charge in [-0.15, -0.1) is 0 Å². The van der Waals surface area contributed by atoms with Crippen molar-refractivity contribution < 1.29 is 19.1 Å². The van der Waals surface area contributed by atoms with Crippen molar-refractivity contribution in [2.45, 2.75) is 13.8 Å². The van der Waals surface area contributed by atoms with Crippen LogP contribution in [0.3, 0.4) is 0 Å². The molecular formula is C11H12N2O4. The number of benzene rings is 1. The zero-order valence-corrected chi connectivity index (χ0v) is 9.54. The fraction of sp³-hybridized carbons (Fsp3) is 0.273. The number of hydrogen-bond donors (Lipinski definition) is 0. The highest BCUT2D eigenvalue weighted by atomic mass is 16.6. The lowest BCUT2D eigenvalue weighted by Crippen LogP contribution is -2.04. The molecule has 0 heterocycles. The quantitative estimate of drug-likeness (QED) is 0.739. The van der Waals surface area contributed by atoms with Gasteiger partial charge in [-0.05, 0) is 25.5 Å². The molecule has 0 saturated heterocycles. The van der Waals surface area contributed by atoms with Crippen LogP contribution in [0.15, 0.2) is 34.5 Å². The molecule has 0 N–H and O–H groups in total. The maximum absolute atomic E-state index is 11.2. The number of amides is 2. The van der Waals surface area contributed by atoms with Crippen molar-refractivity contribution >= 4 is 12.2 Å². The summed E-state index contributed by atoms with van der Waals surface area (Å²) < 4.78 is 9.33. The summed E-state index contributed by atoms with van der Waals surface area (Å²) in [6.45, 7) is 3.58. The van der Waals surface area contributed by atoms with Gasteiger partial charge >= 0.3 is 12.2 Å². The Bertz CT molecular complexity index is 443. The van der Waals surface area contributed by atoms with Crippen LogP contribution in [-0.2, 0) is 4.74 Å². The fourth-order valence-electron chi connectivity index (χ4n) is 1.02. The van der Waals surface area contributed by atoms with Gasteiger partial charge in [0.15, 0.2) is 0 Å². The second-order valence-electron chi connectivity index (χ2n) is 3.03. The SMILES string of the molecule is CCOC(=O)N=NC(=O)Oc1ccccc1C. The van der Waals surface area contributed by atoms with Gasteiger partial charge in [0, 0.05) is 0 Å². The summed E-state index contributed by atoms with van der Waals surface area (Å²) >= 11 is 0. The van der Waals surface area contributed by atoms with E-state index in [4.69, 9.17) is 4.74 Å². The lowest BCUT2D eigenvalue weighted by atomic mass is 10.2. The van der Waals surface area contributed by atoms with Crippen LogP contribution in [0.25, 0.3) is 0 Å². The van der Waals surface area contributed by atoms with Crippen LogP contribution in [0.5, 0.6) is 5.75 Å². The summed E-state index contributed by atoms with van der Waals surface area (Å²) in [5, 5.41) is 6.10. The molecule has 2 amide bonds. The van der Waals surface area contributed by atoms with E-state index >= 15 is 0 Å². The molecule has 0 aliphatic rings. The van der Waals surface area contributed by atoms with E-state index in [0.717, 1.165) is 5.56 Å². The minimum absolute atomic E-state index is 0.171. The van der Waals surface area contributed by atoms with Crippen molar-refractivity contribution in [3.8, 4) is 5.75 Å². The lowest BCUT2D eigenvalue weighted by molar-refractivity contribution is 0.160. The molecule has 0 aliphatic heterocycles. The Hall–Kier alpha value is -2.24. The van der Waals surface area contributed by atoms with Crippen molar-refractivity contribution in [3.05, 3.63) is 29.8 Å². The molecule has 90 valence electrons. The van der Waals surface area contributed by atoms with E-state index in [1.54, 1.807) is 32.0 Å². The smallest absolute Gasteiger partial charge is 0.447 e. The van der Waals surface area contributed by atoms with E-state index in [0.29, 0.717) is 5.75 Å². The Balaban J connectivity index is 2.56. The van der Waals surface area contributed by atoms with E-state index in [2.05, 4.69) is 15.0 Å². The topological polar surface area (TPSA) is 77.3 Å². The molecule has 6 nitrogen and oxygen atoms in total. The fourth-order valence-corrected chi connectivity index (χ4v) is 1.02. The van der Waals surface area contributed by atoms with E-state index < -0.39 is 12.2 Å². The van der Waals surface area contributed by atoms with E-state index in [1.807, 2.05) is 6.07 Å². The van der Waals surface area contributed by atoms with Crippen molar-refractivity contribution in [3.63, 3.8) is 0 Å². The average molecular weight is 236 g/mol. The van der Waals surface area contributed by atoms with Crippen molar-refractivity contribution in [2.24, 2.45) is 10.2 Å². The first-order valence-corrected chi connectivity index (χ1v) is 4.99. The van der Waals surface area contributed by atoms with Crippen LogP contribution in [0.2, 0.25) is 0 Å². The maximum Gasteiger partial charge on any atom is 0.458 e. The molecule has 1 aromatic rings. The highest BCUT2D eigenvalue weighted by Crippen LogP contribution is 2.16. The van der Waals surface area contributed by atoms with Gasteiger partial charge in [-0.2, -0.15) is 0 Å². The molecule has 17 heavy (non-hydrogen) atoms. The van der Waals surface area contributed by atoms with Gasteiger partial charge in [-0.3, -0.25) is 0 Å². The molecule has 6 heteroatoms. The van der Waals surface area contributed by atoms with E-state index in [-0.39, 0.29) is 6.61 Å². The number of hydrogen-bond acceptors (Lipinski definition) is 4. The molecule has 0 spiro atoms. The first-order valence-electron chi connectivity index (χ1n) is 4.99. The molecule has 0 saturated carbocycles. The van der Waals surface area contributed by atoms with Crippen molar-refractivity contribution in [2.75, 3.05) is 6.61 Å². The standard InChI is InChI=1S/C11H12N2O4/c1-3-16-10(14)12-13-11(15)17-9-7-5-4-6-8(9)2/h4-7H,3H2,1-2H3. The summed E-state index contributed by atoms with van der Waals surface area (Å²) in [4.78, 5) is 22.0. The van der Waals surface area contributed by atoms with Gasteiger partial charge in [-0.25, -0.2) is 9.59 Å². The summed E-state index contributed by atoms with van der Waals surface area (Å²) in [5.41, 5.74) is 0.784. The molecule has 1 aromatic carbocycles. The molecule has 0 atom stereocenters. The van der Waals surface area contributed by atoms with Gasteiger partial charge in [0.1, 0.15) is 5.75 Å². The van der Waals surface area contributed by atoms with E-state index in [1.165, 1.54) is 0 Å². The van der Waals surface area contributed by atoms with Crippen LogP contribution >= 0.6 is 0 Å². The molecule has 0 aromatic heterocycles. The second kappa shape index (κ2) is 6.37. The first-order chi connectivity index (χ1) is 8.13. The summed E-state index contributed by atoms with van der Waals surface area (Å²) in [6.07, 6.45) is -1.89. The zero-order valence-electron chi connectivity index (χ0n) is 9.54. The Morgan fingerprint density at radius 3 is 2.47 bits per heavy atom. The Labute approximate surface area is 98.3 Å². The predicted octanol–water partition coefficient (Wildman–Crippen LogP) is 3.10. The first kappa shape index (κ1) is 12.8. The van der Waals surface area contributed by atoms with Gasteiger partial charge in [0.25, 0.3) is 0 Å². The van der Waals surface area contributed by atoms with Crippen molar-refractivity contribution in [1.29, 1.82) is 0 Å². The zero-order chi connectivity index (χ0) is 12.7. The van der Waals surface area contributed by atoms with Crippen LogP contribution in [0.4, 0.5) is 9.59 Å². The largest absolute Gasteiger partial charge is 0.458 e. The maximum atomic E-state index is 11.2. The number of rotatable bonds is 2. The number of nitrogens with zero attached hydrogens (tertiary/aromatic N) is 2. The minimum atomic E-state index is -0.965. The van der Waals surface area contributed by atoms with Crippen LogP contribution in [0, 0.1) is 6.92 Å². The third-order valence-corrected chi connectivity index (χ3v) is 1.77. The number of azo groups is 1. The molecular weight excluding hydrogens is 224 g/mol. The van der Waals surface area contributed by atoms with Gasteiger partial charge < -0.3 is 9.47 Å². The molecule has 0 unspecified atom stereocenters. The second-order valence-corrected chi connectivity index (χ2v) is 3.03. The number of aryl methyl sites for hydroxylation is 1. The highest BCUT2D eigenvalue weighted by Gasteiger charge is 2.06. The predicted molar refractivity (Wildman–Crippen MR) is 59.1 cm³/mol. The number of carbonyl (C=O) groups excluding carboxylic acids is 2. The Morgan fingerprint density at radius 1 is 1.18 bits per heavy atom. The summed E-state index contributed by atoms with van der Waals surface area (Å²) in [5.74, 6) is 0.375. The molecule has 0 bridgehead atoms. The Morgan fingerprint density at radius 2 is 1.82 bits per heavy atom. The lowest BCUT2D eigenvalue weighted by Gasteiger charge is -2.02. The number of carbonyl (C=O) groups is 2. The van der Waals surface area contributed by atoms with Crippen LogP contribution in [-0.4, -0.2) is 18.8 Å². The van der Waals surface area contributed by atoms with E-state index in [9.17, 15) is 9.59 Å². The minimum Gasteiger partial charge on any atom is -0.447 e. The highest BCUT2D eigenvalue weighted by molar-refractivity contribution is 5.74. The molecule has 1 rings (SSSR count). The molecule has 0 aliphatic carbocycles. The van der Waals surface area contributed by atoms with Gasteiger partial charge in [-0.1, -0.05) is 28.4 Å². The number of ether oxygens (including phenoxy) is 2. The monoisotopic (exact) mass is 236 g/mol. The average Bonchev–Trinajstić information content (AvgIpc) is 2.30. The van der Waals surface area contributed by atoms with Crippen LogP contribution in [0.1, 0.15) is 12.5 Å². The summed E-state index contributed by atoms with van der Waals surface area (Å²) in [7, 11) is 0. The van der Waals surface area contributed by atoms with Crippen LogP contribution < -0.4 is 4.74 Å². The number of para-hydroxylation sites is 1. The summed E-state index contributed by atoms with van der Waals surface area (Å²) in [6, 6.07) is 6.93. The molecule has 0 fully saturated rings. The normalized spacial score (nSPS) is 10.2. The third-order valence-electron chi connectivity index (χ3n) is 1.77. The Kier molecular flexibility index (Phi) is 4.80. The molecule has 0 radical (unpaired) electrons. The van der Waals surface area contributed by atoms with Gasteiger partial charge in [0.05, 0.1) is 6.61 Å². The van der Waals surface area contributed by atoms with Gasteiger partial charge in [0.2, 0.25) is 0 Å². The van der Waals surface area contributed by atoms with Crippen molar-refractivity contribution in [1.82, 2.24) is 0 Å². The third kappa shape index (κ3) is 4.42.